The largest absolute Gasteiger partial charge is 0.481 e. The fraction of sp³-hybridized carbons (Fsp3) is 0.167. The van der Waals surface area contributed by atoms with E-state index in [1.165, 1.54) is 6.26 Å². The lowest BCUT2D eigenvalue weighted by molar-refractivity contribution is 0.395. The maximum Gasteiger partial charge on any atom is 0.218 e. The number of sulfone groups is 1. The van der Waals surface area contributed by atoms with Crippen LogP contribution >= 0.6 is 11.6 Å². The van der Waals surface area contributed by atoms with Gasteiger partial charge in [0.1, 0.15) is 0 Å². The molecule has 3 rings (SSSR count). The Labute approximate surface area is 146 Å². The Morgan fingerprint density at radius 3 is 2.38 bits per heavy atom. The van der Waals surface area contributed by atoms with Gasteiger partial charge in [-0.15, -0.1) is 0 Å². The molecule has 0 radical (unpaired) electrons. The zero-order chi connectivity index (χ0) is 17.3. The summed E-state index contributed by atoms with van der Waals surface area (Å²) >= 11 is 6.56. The van der Waals surface area contributed by atoms with Crippen LogP contribution in [0, 0.1) is 0 Å². The van der Waals surface area contributed by atoms with Crippen LogP contribution in [0.3, 0.4) is 0 Å². The average Bonchev–Trinajstić information content (AvgIpc) is 2.57. The summed E-state index contributed by atoms with van der Waals surface area (Å²) in [6.07, 6.45) is 1.69. The number of pyridine rings is 1. The molecule has 0 bridgehead atoms. The number of hydrogen-bond acceptors (Lipinski definition) is 4. The number of ether oxygens (including phenoxy) is 1. The maximum atomic E-state index is 11.6. The second-order valence-corrected chi connectivity index (χ2v) is 7.92. The van der Waals surface area contributed by atoms with Crippen molar-refractivity contribution in [1.29, 1.82) is 0 Å². The summed E-state index contributed by atoms with van der Waals surface area (Å²) in [5, 5.41) is 1.47. The Hall–Kier alpha value is -2.11. The second kappa shape index (κ2) is 6.42. The third-order valence-electron chi connectivity index (χ3n) is 3.81. The molecule has 0 spiro atoms. The highest BCUT2D eigenvalue weighted by molar-refractivity contribution is 7.90. The van der Waals surface area contributed by atoms with Crippen LogP contribution in [0.15, 0.2) is 53.4 Å². The lowest BCUT2D eigenvalue weighted by atomic mass is 10.0. The first-order valence-corrected chi connectivity index (χ1v) is 9.57. The van der Waals surface area contributed by atoms with E-state index in [1.54, 1.807) is 31.4 Å². The summed E-state index contributed by atoms with van der Waals surface area (Å²) < 4.78 is 28.5. The lowest BCUT2D eigenvalue weighted by Gasteiger charge is -2.12. The normalized spacial score (nSPS) is 11.6. The SMILES string of the molecule is COc1nc2ccccc2c(Cl)c1Cc1ccc(S(C)(=O)=O)cc1. The van der Waals surface area contributed by atoms with Crippen molar-refractivity contribution in [1.82, 2.24) is 4.98 Å². The molecule has 3 aromatic rings. The van der Waals surface area contributed by atoms with Crippen LogP contribution in [0.1, 0.15) is 11.1 Å². The summed E-state index contributed by atoms with van der Waals surface area (Å²) in [7, 11) is -1.65. The first-order chi connectivity index (χ1) is 11.4. The van der Waals surface area contributed by atoms with Crippen LogP contribution in [-0.4, -0.2) is 26.8 Å². The van der Waals surface area contributed by atoms with Gasteiger partial charge in [-0.3, -0.25) is 0 Å². The Kier molecular flexibility index (Phi) is 4.47. The minimum Gasteiger partial charge on any atom is -0.481 e. The number of hydrogen-bond donors (Lipinski definition) is 0. The number of fused-ring (bicyclic) bond motifs is 1. The van der Waals surface area contributed by atoms with E-state index in [-0.39, 0.29) is 0 Å². The van der Waals surface area contributed by atoms with Crippen LogP contribution in [0.25, 0.3) is 10.9 Å². The number of para-hydroxylation sites is 1. The van der Waals surface area contributed by atoms with Crippen molar-refractivity contribution in [2.75, 3.05) is 13.4 Å². The van der Waals surface area contributed by atoms with E-state index in [4.69, 9.17) is 16.3 Å². The molecular weight excluding hydrogens is 346 g/mol. The monoisotopic (exact) mass is 361 g/mol. The second-order valence-electron chi connectivity index (χ2n) is 5.52. The minimum absolute atomic E-state index is 0.293. The molecule has 0 saturated heterocycles. The molecule has 0 amide bonds. The van der Waals surface area contributed by atoms with Gasteiger partial charge in [0.2, 0.25) is 5.88 Å². The predicted molar refractivity (Wildman–Crippen MR) is 95.7 cm³/mol. The van der Waals surface area contributed by atoms with E-state index in [2.05, 4.69) is 4.98 Å². The van der Waals surface area contributed by atoms with Crippen molar-refractivity contribution in [3.8, 4) is 5.88 Å². The molecule has 0 N–H and O–H groups in total. The summed E-state index contributed by atoms with van der Waals surface area (Å²) in [6.45, 7) is 0. The number of rotatable bonds is 4. The maximum absolute atomic E-state index is 11.6. The molecule has 1 aromatic heterocycles. The van der Waals surface area contributed by atoms with E-state index in [9.17, 15) is 8.42 Å². The van der Waals surface area contributed by atoms with Gasteiger partial charge in [0, 0.05) is 23.6 Å². The summed E-state index contributed by atoms with van der Waals surface area (Å²) in [6, 6.07) is 14.4. The van der Waals surface area contributed by atoms with Crippen LogP contribution in [-0.2, 0) is 16.3 Å². The fourth-order valence-electron chi connectivity index (χ4n) is 2.57. The lowest BCUT2D eigenvalue weighted by Crippen LogP contribution is -2.00. The molecule has 4 nitrogen and oxygen atoms in total. The molecule has 0 fully saturated rings. The summed E-state index contributed by atoms with van der Waals surface area (Å²) in [4.78, 5) is 4.80. The van der Waals surface area contributed by atoms with Crippen molar-refractivity contribution in [3.05, 3.63) is 64.7 Å². The van der Waals surface area contributed by atoms with Gasteiger partial charge in [-0.05, 0) is 23.8 Å². The molecule has 0 aliphatic rings. The third kappa shape index (κ3) is 3.23. The summed E-state index contributed by atoms with van der Waals surface area (Å²) in [5.41, 5.74) is 2.49. The molecular formula is C18H16ClNO3S. The molecule has 0 aliphatic heterocycles. The topological polar surface area (TPSA) is 56.3 Å². The van der Waals surface area contributed by atoms with E-state index in [1.807, 2.05) is 24.3 Å². The van der Waals surface area contributed by atoms with Gasteiger partial charge < -0.3 is 4.74 Å². The van der Waals surface area contributed by atoms with Gasteiger partial charge in [-0.25, -0.2) is 13.4 Å². The highest BCUT2D eigenvalue weighted by Gasteiger charge is 2.15. The van der Waals surface area contributed by atoms with Gasteiger partial charge in [-0.1, -0.05) is 41.9 Å². The fourth-order valence-corrected chi connectivity index (χ4v) is 3.51. The predicted octanol–water partition coefficient (Wildman–Crippen LogP) is 3.89. The van der Waals surface area contributed by atoms with Crippen LogP contribution in [0.4, 0.5) is 0 Å². The Balaban J connectivity index is 2.05. The number of methoxy groups -OCH3 is 1. The van der Waals surface area contributed by atoms with Crippen molar-refractivity contribution in [2.24, 2.45) is 0 Å². The van der Waals surface area contributed by atoms with Crippen LogP contribution in [0.5, 0.6) is 5.88 Å². The molecule has 6 heteroatoms. The molecule has 0 atom stereocenters. The van der Waals surface area contributed by atoms with Gasteiger partial charge in [0.05, 0.1) is 22.5 Å². The van der Waals surface area contributed by atoms with Gasteiger partial charge >= 0.3 is 0 Å². The first kappa shape index (κ1) is 16.7. The van der Waals surface area contributed by atoms with E-state index in [0.29, 0.717) is 22.2 Å². The first-order valence-electron chi connectivity index (χ1n) is 7.30. The number of benzene rings is 2. The van der Waals surface area contributed by atoms with E-state index >= 15 is 0 Å². The highest BCUT2D eigenvalue weighted by atomic mass is 35.5. The molecule has 1 heterocycles. The van der Waals surface area contributed by atoms with Crippen molar-refractivity contribution < 1.29 is 13.2 Å². The Morgan fingerprint density at radius 2 is 1.75 bits per heavy atom. The quantitative estimate of drug-likeness (QED) is 0.707. The van der Waals surface area contributed by atoms with Crippen molar-refractivity contribution >= 4 is 32.3 Å². The smallest absolute Gasteiger partial charge is 0.218 e. The third-order valence-corrected chi connectivity index (χ3v) is 5.37. The van der Waals surface area contributed by atoms with Gasteiger partial charge in [0.25, 0.3) is 0 Å². The Morgan fingerprint density at radius 1 is 1.08 bits per heavy atom. The van der Waals surface area contributed by atoms with E-state index < -0.39 is 9.84 Å². The molecule has 2 aromatic carbocycles. The van der Waals surface area contributed by atoms with E-state index in [0.717, 1.165) is 22.0 Å². The molecule has 24 heavy (non-hydrogen) atoms. The van der Waals surface area contributed by atoms with Gasteiger partial charge in [0.15, 0.2) is 9.84 Å². The summed E-state index contributed by atoms with van der Waals surface area (Å²) in [5.74, 6) is 0.478. The van der Waals surface area contributed by atoms with Gasteiger partial charge in [-0.2, -0.15) is 0 Å². The highest BCUT2D eigenvalue weighted by Crippen LogP contribution is 2.33. The van der Waals surface area contributed by atoms with Crippen molar-refractivity contribution in [3.63, 3.8) is 0 Å². The molecule has 0 saturated carbocycles. The standard InChI is InChI=1S/C18H16ClNO3S/c1-23-18-15(17(19)14-5-3-4-6-16(14)20-18)11-12-7-9-13(10-8-12)24(2,21)22/h3-10H,11H2,1-2H3. The van der Waals surface area contributed by atoms with Crippen LogP contribution in [0.2, 0.25) is 5.02 Å². The number of halogens is 1. The van der Waals surface area contributed by atoms with Crippen molar-refractivity contribution in [2.45, 2.75) is 11.3 Å². The molecule has 0 aliphatic carbocycles. The number of nitrogens with zero attached hydrogens (tertiary/aromatic N) is 1. The van der Waals surface area contributed by atoms with Crippen LogP contribution < -0.4 is 4.74 Å². The molecule has 124 valence electrons. The minimum atomic E-state index is -3.21. The average molecular weight is 362 g/mol. The zero-order valence-electron chi connectivity index (χ0n) is 13.3. The zero-order valence-corrected chi connectivity index (χ0v) is 14.9. The molecule has 0 unspecified atom stereocenters. The Bertz CT molecular complexity index is 999. The number of aromatic nitrogens is 1.